The average molecular weight is 1970 g/mol. The summed E-state index contributed by atoms with van der Waals surface area (Å²) in [5.41, 5.74) is 11.8. The van der Waals surface area contributed by atoms with E-state index in [2.05, 4.69) is 277 Å². The number of nitriles is 2. The van der Waals surface area contributed by atoms with Gasteiger partial charge in [0.15, 0.2) is 0 Å². The highest BCUT2D eigenvalue weighted by Crippen LogP contribution is 2.44. The number of carbonyl (C=O) groups is 4. The number of anilines is 6. The number of unbranched alkanes of at least 4 members (excludes halogenated alkanes) is 16. The number of rotatable bonds is 47. The zero-order valence-corrected chi connectivity index (χ0v) is 83.4. The molecule has 6 aromatic carbocycles. The molecule has 0 saturated carbocycles. The minimum absolute atomic E-state index is 0.284. The molecular weight excluding hydrogens is 1870 g/mol. The van der Waals surface area contributed by atoms with Crippen molar-refractivity contribution in [3.63, 3.8) is 0 Å². The fourth-order valence-electron chi connectivity index (χ4n) is 15.2. The summed E-state index contributed by atoms with van der Waals surface area (Å²) in [6, 6.07) is 84.9. The first-order chi connectivity index (χ1) is 67.3. The lowest BCUT2D eigenvalue weighted by molar-refractivity contribution is -0.133. The molecule has 0 fully saturated rings. The summed E-state index contributed by atoms with van der Waals surface area (Å²) in [5.74, 6) is -4.04. The first-order valence-corrected chi connectivity index (χ1v) is 52.5. The van der Waals surface area contributed by atoms with Gasteiger partial charge in [0.05, 0.1) is 19.8 Å². The van der Waals surface area contributed by atoms with Crippen LogP contribution < -0.4 is 14.5 Å². The number of hydrogen-bond donors (Lipinski definition) is 4. The number of carboxylic acid groups (broad SMARTS) is 4. The topological polar surface area (TPSA) is 221 Å². The lowest BCUT2D eigenvalue weighted by Gasteiger charge is -2.27. The van der Waals surface area contributed by atoms with E-state index in [1.165, 1.54) is 184 Å². The van der Waals surface area contributed by atoms with Crippen molar-refractivity contribution in [2.75, 3.05) is 16.4 Å². The van der Waals surface area contributed by atoms with Crippen molar-refractivity contribution in [3.8, 4) is 56.9 Å². The second kappa shape index (κ2) is 52.4. The van der Waals surface area contributed by atoms with Gasteiger partial charge in [-0.3, -0.25) is 9.59 Å². The largest absolute Gasteiger partial charge is 0.494 e. The Morgan fingerprint density at radius 1 is 0.326 bits per heavy atom. The van der Waals surface area contributed by atoms with Crippen molar-refractivity contribution in [1.82, 2.24) is 0 Å². The molecule has 14 rings (SSSR count). The number of benzene rings is 6. The molecule has 8 aromatic heterocycles. The summed E-state index contributed by atoms with van der Waals surface area (Å²) >= 11 is 12.5. The molecular formula is C115H104N6O9S8. The Morgan fingerprint density at radius 3 is 0.891 bits per heavy atom. The third kappa shape index (κ3) is 30.0. The zero-order chi connectivity index (χ0) is 96.9. The summed E-state index contributed by atoms with van der Waals surface area (Å²) in [6.07, 6.45) is 46.9. The Kier molecular flexibility index (Phi) is 38.6. The van der Waals surface area contributed by atoms with Crippen LogP contribution in [0.15, 0.2) is 259 Å². The number of ether oxygens (including phenoxy) is 1. The fraction of sp³-hybridized carbons (Fsp3) is 0.200. The lowest BCUT2D eigenvalue weighted by atomic mass is 10.0. The molecule has 0 bridgehead atoms. The summed E-state index contributed by atoms with van der Waals surface area (Å²) in [6.45, 7) is 21.6. The Hall–Kier alpha value is -13.9. The maximum Gasteiger partial charge on any atom is 0.346 e. The monoisotopic (exact) mass is 1970 g/mol. The second-order valence-electron chi connectivity index (χ2n) is 32.7. The van der Waals surface area contributed by atoms with Crippen LogP contribution in [0.5, 0.6) is 5.75 Å². The van der Waals surface area contributed by atoms with E-state index in [9.17, 15) is 39.6 Å². The van der Waals surface area contributed by atoms with E-state index in [1.807, 2.05) is 48.5 Å². The standard InChI is InChI=1S/C58H53N3O4S4.C57H51N3O5S4/c1-3-4-5-6-7-8-9-10-11-12-13-41-14-22-45(23-15-41)61(46-24-16-42(17-25-46)20-28-48-30-34-53(66-48)55-36-32-50(68-55)38-44(40-59)57(62)63)47-26-18-43(19-27-47)21-29-49-31-35-54(67-49)56-37-33-51(69-56)39-52(60-2)58(64)65;1-4-5-6-7-8-9-10-11-34-65-45-22-29-51(39(2)35-45)60(43-18-12-40(13-19-43)16-23-46-25-30-52(66-46)54-32-27-48(68-54)36-42(38-58)56(61)62)44-20-14-41(15-21-44)17-24-47-26-31-53(67-47)55-33-28-49(69-55)37-50(59-3)57(63)64/h14-39H,3-13H2,1H3,(H,62,63)(H,64,65);12-33,35-37H,4-11,34H2,1-2H3,(H,61,62)(H,63,64)/b28-20+,29-21+,44-38+,52-39-;23-16+,24-17+,42-36+,50-37-. The van der Waals surface area contributed by atoms with E-state index in [0.717, 1.165) is 154 Å². The molecule has 0 spiro atoms. The predicted octanol–water partition coefficient (Wildman–Crippen LogP) is 35.1. The van der Waals surface area contributed by atoms with Crippen LogP contribution in [0.4, 0.5) is 34.1 Å². The van der Waals surface area contributed by atoms with Crippen LogP contribution >= 0.6 is 90.7 Å². The third-order valence-corrected chi connectivity index (χ3v) is 31.7. The van der Waals surface area contributed by atoms with Crippen LogP contribution in [0, 0.1) is 42.7 Å². The highest BCUT2D eigenvalue weighted by atomic mass is 32.1. The smallest absolute Gasteiger partial charge is 0.346 e. The molecule has 0 aliphatic heterocycles. The van der Waals surface area contributed by atoms with Crippen molar-refractivity contribution in [2.24, 2.45) is 0 Å². The average Bonchev–Trinajstić information content (AvgIpc) is 0.857. The lowest BCUT2D eigenvalue weighted by Crippen LogP contribution is -2.11. The van der Waals surface area contributed by atoms with Gasteiger partial charge in [-0.05, 0) is 284 Å². The van der Waals surface area contributed by atoms with E-state index in [-0.39, 0.29) is 22.5 Å². The highest BCUT2D eigenvalue weighted by Gasteiger charge is 2.21. The van der Waals surface area contributed by atoms with E-state index in [0.29, 0.717) is 11.5 Å². The Labute approximate surface area is 839 Å². The molecule has 15 nitrogen and oxygen atoms in total. The van der Waals surface area contributed by atoms with Crippen LogP contribution in [-0.4, -0.2) is 50.9 Å². The minimum atomic E-state index is -1.23. The van der Waals surface area contributed by atoms with Crippen molar-refractivity contribution in [3.05, 3.63) is 354 Å². The zero-order valence-electron chi connectivity index (χ0n) is 76.9. The van der Waals surface area contributed by atoms with Gasteiger partial charge in [0, 0.05) is 112 Å². The quantitative estimate of drug-likeness (QED) is 0.0121. The molecule has 0 atom stereocenters. The summed E-state index contributed by atoms with van der Waals surface area (Å²) in [7, 11) is 0. The van der Waals surface area contributed by atoms with Crippen LogP contribution in [-0.2, 0) is 25.6 Å². The number of thiophene rings is 8. The van der Waals surface area contributed by atoms with E-state index in [1.54, 1.807) is 57.5 Å². The van der Waals surface area contributed by atoms with Gasteiger partial charge in [-0.1, -0.05) is 202 Å². The SMILES string of the molecule is [C-]#[N+]/C(=C\c1ccc(-c2ccc(/C=C/c3ccc(N(c4ccc(/C=C/c5ccc(-c6ccc(/C=C(\C#N)C(=O)O)s6)s5)cc4)c4ccc(CCCCCCCCCCCC)cc4)cc3)s2)s1)C(=O)O.[C-]#[N+]/C(=C\c1ccc(-c2ccc(/C=C/c3ccc(N(c4ccc(/C=C/c5ccc(-c6ccc(/C=C(\C#N)C(=O)O)s6)s5)cc4)c4ccc(OCCCCCCCCCC)cc4C)cc3)s2)s1)C(=O)O. The van der Waals surface area contributed by atoms with E-state index < -0.39 is 23.9 Å². The first kappa shape index (κ1) is 102. The molecule has 0 saturated heterocycles. The Balaban J connectivity index is 0.000000233. The fourth-order valence-corrected chi connectivity index (χ4v) is 23.0. The normalized spacial score (nSPS) is 11.8. The van der Waals surface area contributed by atoms with Crippen LogP contribution in [0.2, 0.25) is 0 Å². The van der Waals surface area contributed by atoms with Crippen LogP contribution in [0.1, 0.15) is 202 Å². The Bertz CT molecular complexity index is 6580. The van der Waals surface area contributed by atoms with E-state index in [4.69, 9.17) is 28.4 Å². The van der Waals surface area contributed by atoms with E-state index >= 15 is 0 Å². The van der Waals surface area contributed by atoms with Gasteiger partial charge >= 0.3 is 23.9 Å². The summed E-state index contributed by atoms with van der Waals surface area (Å²) in [4.78, 5) is 71.7. The van der Waals surface area contributed by atoms with Crippen LogP contribution in [0.3, 0.4) is 0 Å². The highest BCUT2D eigenvalue weighted by molar-refractivity contribution is 7.25. The third-order valence-electron chi connectivity index (χ3n) is 22.6. The molecule has 0 radical (unpaired) electrons. The number of hydrogen-bond acceptors (Lipinski definition) is 17. The molecule has 0 unspecified atom stereocenters. The molecule has 0 aliphatic carbocycles. The number of aryl methyl sites for hydroxylation is 2. The van der Waals surface area contributed by atoms with Crippen LogP contribution in [0.25, 0.3) is 122 Å². The number of carboxylic acids is 4. The molecule has 138 heavy (non-hydrogen) atoms. The second-order valence-corrected chi connectivity index (χ2v) is 41.6. The molecule has 8 heterocycles. The molecule has 0 amide bonds. The van der Waals surface area contributed by atoms with Gasteiger partial charge in [-0.25, -0.2) is 19.3 Å². The molecule has 4 N–H and O–H groups in total. The summed E-state index contributed by atoms with van der Waals surface area (Å²) < 4.78 is 6.25. The van der Waals surface area contributed by atoms with Crippen molar-refractivity contribution >= 4 is 222 Å². The molecule has 696 valence electrons. The first-order valence-electron chi connectivity index (χ1n) is 46.0. The van der Waals surface area contributed by atoms with Gasteiger partial charge in [0.2, 0.25) is 0 Å². The van der Waals surface area contributed by atoms with Gasteiger partial charge in [0.25, 0.3) is 11.4 Å². The van der Waals surface area contributed by atoms with Crippen molar-refractivity contribution < 1.29 is 44.3 Å². The van der Waals surface area contributed by atoms with Gasteiger partial charge in [-0.2, -0.15) is 10.5 Å². The van der Waals surface area contributed by atoms with Crippen molar-refractivity contribution in [1.29, 1.82) is 10.5 Å². The van der Waals surface area contributed by atoms with Gasteiger partial charge in [-0.15, -0.1) is 90.7 Å². The van der Waals surface area contributed by atoms with Gasteiger partial charge in [0.1, 0.15) is 29.0 Å². The summed E-state index contributed by atoms with van der Waals surface area (Å²) in [5, 5.41) is 55.3. The maximum absolute atomic E-state index is 11.3. The molecule has 0 aliphatic rings. The van der Waals surface area contributed by atoms with Crippen molar-refractivity contribution in [2.45, 2.75) is 143 Å². The molecule has 14 aromatic rings. The maximum atomic E-state index is 11.3. The van der Waals surface area contributed by atoms with Gasteiger partial charge < -0.3 is 35.0 Å². The number of nitrogens with zero attached hydrogens (tertiary/aromatic N) is 6. The number of aliphatic carboxylic acids is 4. The molecule has 23 heteroatoms. The predicted molar refractivity (Wildman–Crippen MR) is 584 cm³/mol. The minimum Gasteiger partial charge on any atom is -0.494 e. The Morgan fingerprint density at radius 2 is 0.601 bits per heavy atom.